The van der Waals surface area contributed by atoms with E-state index in [1.54, 1.807) is 13.0 Å². The summed E-state index contributed by atoms with van der Waals surface area (Å²) in [5.74, 6) is 0.814. The highest BCUT2D eigenvalue weighted by Gasteiger charge is 2.23. The molecule has 1 atom stereocenters. The molecule has 7 heteroatoms. The summed E-state index contributed by atoms with van der Waals surface area (Å²) in [5.41, 5.74) is 0.830. The molecule has 1 aliphatic rings. The van der Waals surface area contributed by atoms with Crippen LogP contribution in [0.1, 0.15) is 36.5 Å². The van der Waals surface area contributed by atoms with E-state index in [1.807, 2.05) is 12.1 Å². The average molecular weight is 343 g/mol. The van der Waals surface area contributed by atoms with Gasteiger partial charge in [0.2, 0.25) is 5.89 Å². The molecule has 0 radical (unpaired) electrons. The SMILES string of the molecule is Cc1nc(CN(C)C2CCCN(c3cccc(F)c3C#N)CC2)no1. The number of halogens is 1. The standard InChI is InChI=1S/C18H22FN5O/c1-13-21-18(22-25-13)12-23(2)14-5-4-9-24(10-8-14)17-7-3-6-16(19)15(17)11-20/h3,6-7,14H,4-5,8-10,12H2,1-2H3. The van der Waals surface area contributed by atoms with Crippen molar-refractivity contribution in [2.24, 2.45) is 0 Å². The van der Waals surface area contributed by atoms with Crippen LogP contribution in [-0.4, -0.2) is 41.2 Å². The largest absolute Gasteiger partial charge is 0.370 e. The Kier molecular flexibility index (Phi) is 5.29. The maximum absolute atomic E-state index is 13.9. The molecule has 0 N–H and O–H groups in total. The van der Waals surface area contributed by atoms with Crippen LogP contribution >= 0.6 is 0 Å². The summed E-state index contributed by atoms with van der Waals surface area (Å²) in [5, 5.41) is 13.2. The van der Waals surface area contributed by atoms with Crippen molar-refractivity contribution in [3.05, 3.63) is 41.3 Å². The summed E-state index contributed by atoms with van der Waals surface area (Å²) >= 11 is 0. The van der Waals surface area contributed by atoms with Gasteiger partial charge in [-0.25, -0.2) is 4.39 Å². The van der Waals surface area contributed by atoms with E-state index >= 15 is 0 Å². The minimum absolute atomic E-state index is 0.136. The maximum atomic E-state index is 13.9. The van der Waals surface area contributed by atoms with Gasteiger partial charge >= 0.3 is 0 Å². The normalized spacial score (nSPS) is 18.2. The summed E-state index contributed by atoms with van der Waals surface area (Å²) < 4.78 is 18.9. The summed E-state index contributed by atoms with van der Waals surface area (Å²) in [4.78, 5) is 8.62. The number of anilines is 1. The molecule has 1 aromatic carbocycles. The fourth-order valence-electron chi connectivity index (χ4n) is 3.41. The molecule has 1 fully saturated rings. The van der Waals surface area contributed by atoms with E-state index in [4.69, 9.17) is 4.52 Å². The molecule has 3 rings (SSSR count). The molecule has 132 valence electrons. The van der Waals surface area contributed by atoms with Gasteiger partial charge < -0.3 is 9.42 Å². The van der Waals surface area contributed by atoms with Crippen molar-refractivity contribution in [1.82, 2.24) is 15.0 Å². The molecule has 0 saturated carbocycles. The molecule has 1 aliphatic heterocycles. The monoisotopic (exact) mass is 343 g/mol. The topological polar surface area (TPSA) is 69.2 Å². The number of hydrogen-bond acceptors (Lipinski definition) is 6. The quantitative estimate of drug-likeness (QED) is 0.850. The Morgan fingerprint density at radius 3 is 2.96 bits per heavy atom. The van der Waals surface area contributed by atoms with Gasteiger partial charge in [-0.3, -0.25) is 4.90 Å². The van der Waals surface area contributed by atoms with Gasteiger partial charge in [0.1, 0.15) is 17.4 Å². The number of aromatic nitrogens is 2. The lowest BCUT2D eigenvalue weighted by Gasteiger charge is -2.27. The van der Waals surface area contributed by atoms with E-state index < -0.39 is 5.82 Å². The van der Waals surface area contributed by atoms with Crippen molar-refractivity contribution in [1.29, 1.82) is 5.26 Å². The smallest absolute Gasteiger partial charge is 0.223 e. The van der Waals surface area contributed by atoms with Crippen LogP contribution in [0.3, 0.4) is 0 Å². The molecule has 1 saturated heterocycles. The Bertz CT molecular complexity index is 769. The molecule has 0 aliphatic carbocycles. The van der Waals surface area contributed by atoms with E-state index in [0.29, 0.717) is 30.0 Å². The van der Waals surface area contributed by atoms with Crippen molar-refractivity contribution in [3.63, 3.8) is 0 Å². The fraction of sp³-hybridized carbons (Fsp3) is 0.500. The Hall–Kier alpha value is -2.46. The second-order valence-corrected chi connectivity index (χ2v) is 6.46. The fourth-order valence-corrected chi connectivity index (χ4v) is 3.41. The molecule has 25 heavy (non-hydrogen) atoms. The van der Waals surface area contributed by atoms with Gasteiger partial charge in [0.25, 0.3) is 0 Å². The average Bonchev–Trinajstić information content (AvgIpc) is 2.85. The molecular weight excluding hydrogens is 321 g/mol. The van der Waals surface area contributed by atoms with E-state index in [-0.39, 0.29) is 5.56 Å². The molecule has 2 aromatic rings. The third-order valence-corrected chi connectivity index (χ3v) is 4.73. The molecule has 0 bridgehead atoms. The van der Waals surface area contributed by atoms with Gasteiger partial charge in [-0.15, -0.1) is 0 Å². The highest BCUT2D eigenvalue weighted by molar-refractivity contribution is 5.59. The van der Waals surface area contributed by atoms with Crippen LogP contribution in [0.15, 0.2) is 22.7 Å². The summed E-state index contributed by atoms with van der Waals surface area (Å²) in [6.45, 7) is 4.04. The second-order valence-electron chi connectivity index (χ2n) is 6.46. The predicted molar refractivity (Wildman–Crippen MR) is 91.5 cm³/mol. The zero-order valence-electron chi connectivity index (χ0n) is 14.6. The first-order valence-corrected chi connectivity index (χ1v) is 8.51. The van der Waals surface area contributed by atoms with Crippen LogP contribution in [0.5, 0.6) is 0 Å². The zero-order chi connectivity index (χ0) is 17.8. The number of aryl methyl sites for hydroxylation is 1. The summed E-state index contributed by atoms with van der Waals surface area (Å²) in [6, 6.07) is 7.22. The Morgan fingerprint density at radius 1 is 1.40 bits per heavy atom. The Morgan fingerprint density at radius 2 is 2.24 bits per heavy atom. The lowest BCUT2D eigenvalue weighted by atomic mass is 10.1. The maximum Gasteiger partial charge on any atom is 0.223 e. The predicted octanol–water partition coefficient (Wildman–Crippen LogP) is 2.88. The van der Waals surface area contributed by atoms with Gasteiger partial charge in [0.05, 0.1) is 12.2 Å². The number of nitrogens with zero attached hydrogens (tertiary/aromatic N) is 5. The minimum Gasteiger partial charge on any atom is -0.370 e. The van der Waals surface area contributed by atoms with Crippen molar-refractivity contribution in [3.8, 4) is 6.07 Å². The van der Waals surface area contributed by atoms with Crippen LogP contribution < -0.4 is 4.90 Å². The van der Waals surface area contributed by atoms with Crippen LogP contribution in [0.4, 0.5) is 10.1 Å². The van der Waals surface area contributed by atoms with Gasteiger partial charge in [0.15, 0.2) is 5.82 Å². The van der Waals surface area contributed by atoms with Crippen molar-refractivity contribution in [2.45, 2.75) is 38.8 Å². The lowest BCUT2D eigenvalue weighted by molar-refractivity contribution is 0.209. The molecule has 1 aromatic heterocycles. The van der Waals surface area contributed by atoms with Crippen molar-refractivity contribution >= 4 is 5.69 Å². The van der Waals surface area contributed by atoms with Crippen LogP contribution in [-0.2, 0) is 6.54 Å². The van der Waals surface area contributed by atoms with E-state index in [9.17, 15) is 9.65 Å². The summed E-state index contributed by atoms with van der Waals surface area (Å²) in [6.07, 6.45) is 2.97. The minimum atomic E-state index is -0.453. The van der Waals surface area contributed by atoms with E-state index in [0.717, 1.165) is 32.4 Å². The number of benzene rings is 1. The van der Waals surface area contributed by atoms with Gasteiger partial charge in [-0.1, -0.05) is 11.2 Å². The van der Waals surface area contributed by atoms with Crippen molar-refractivity contribution in [2.75, 3.05) is 25.0 Å². The molecule has 0 spiro atoms. The van der Waals surface area contributed by atoms with Gasteiger partial charge in [-0.2, -0.15) is 10.2 Å². The third kappa shape index (κ3) is 3.97. The third-order valence-electron chi connectivity index (χ3n) is 4.73. The molecule has 0 amide bonds. The molecule has 6 nitrogen and oxygen atoms in total. The molecular formula is C18H22FN5O. The lowest BCUT2D eigenvalue weighted by Crippen LogP contribution is -2.33. The van der Waals surface area contributed by atoms with Gasteiger partial charge in [0, 0.05) is 26.1 Å². The van der Waals surface area contributed by atoms with E-state index in [1.165, 1.54) is 6.07 Å². The number of rotatable bonds is 4. The van der Waals surface area contributed by atoms with Crippen LogP contribution in [0, 0.1) is 24.1 Å². The first kappa shape index (κ1) is 17.4. The molecule has 1 unspecified atom stereocenters. The number of hydrogen-bond donors (Lipinski definition) is 0. The van der Waals surface area contributed by atoms with Crippen LogP contribution in [0.25, 0.3) is 0 Å². The van der Waals surface area contributed by atoms with Gasteiger partial charge in [-0.05, 0) is 38.4 Å². The second kappa shape index (κ2) is 7.62. The van der Waals surface area contributed by atoms with Crippen molar-refractivity contribution < 1.29 is 8.91 Å². The molecule has 2 heterocycles. The van der Waals surface area contributed by atoms with Crippen LogP contribution in [0.2, 0.25) is 0 Å². The highest BCUT2D eigenvalue weighted by atomic mass is 19.1. The number of nitriles is 1. The highest BCUT2D eigenvalue weighted by Crippen LogP contribution is 2.26. The first-order valence-electron chi connectivity index (χ1n) is 8.51. The Balaban J connectivity index is 1.66. The zero-order valence-corrected chi connectivity index (χ0v) is 14.6. The van der Waals surface area contributed by atoms with E-state index in [2.05, 4.69) is 27.0 Å². The Labute approximate surface area is 146 Å². The first-order chi connectivity index (χ1) is 12.1. The summed E-state index contributed by atoms with van der Waals surface area (Å²) in [7, 11) is 2.06.